The molecule has 0 aliphatic carbocycles. The number of hydrogen-bond donors (Lipinski definition) is 2. The van der Waals surface area contributed by atoms with Crippen LogP contribution in [0.4, 0.5) is 0 Å². The van der Waals surface area contributed by atoms with Gasteiger partial charge in [0, 0.05) is 31.7 Å². The van der Waals surface area contributed by atoms with E-state index in [4.69, 9.17) is 4.74 Å². The number of rotatable bonds is 8. The summed E-state index contributed by atoms with van der Waals surface area (Å²) in [4.78, 5) is 13.2. The van der Waals surface area contributed by atoms with Gasteiger partial charge in [0.2, 0.25) is 0 Å². The van der Waals surface area contributed by atoms with Gasteiger partial charge in [-0.15, -0.1) is 24.0 Å². The van der Waals surface area contributed by atoms with Gasteiger partial charge in [-0.25, -0.2) is 15.0 Å². The van der Waals surface area contributed by atoms with Crippen LogP contribution in [0.3, 0.4) is 0 Å². The van der Waals surface area contributed by atoms with Gasteiger partial charge in [-0.2, -0.15) is 0 Å². The summed E-state index contributed by atoms with van der Waals surface area (Å²) >= 11 is 0. The number of nitrogens with zero attached hydrogens (tertiary/aromatic N) is 4. The third-order valence-corrected chi connectivity index (χ3v) is 4.46. The first-order valence-electron chi connectivity index (χ1n) is 9.78. The van der Waals surface area contributed by atoms with Crippen LogP contribution >= 0.6 is 24.0 Å². The maximum absolute atomic E-state index is 5.46. The van der Waals surface area contributed by atoms with Crippen LogP contribution in [0.1, 0.15) is 23.6 Å². The van der Waals surface area contributed by atoms with Crippen molar-refractivity contribution in [2.24, 2.45) is 4.99 Å². The van der Waals surface area contributed by atoms with Gasteiger partial charge in [-0.1, -0.05) is 23.8 Å². The van der Waals surface area contributed by atoms with E-state index in [0.29, 0.717) is 6.54 Å². The molecule has 0 saturated heterocycles. The molecule has 0 amide bonds. The molecule has 3 aromatic rings. The van der Waals surface area contributed by atoms with E-state index in [1.807, 2.05) is 35.2 Å². The summed E-state index contributed by atoms with van der Waals surface area (Å²) in [5.74, 6) is 2.55. The molecule has 0 fully saturated rings. The Hall–Kier alpha value is -2.62. The number of pyridine rings is 1. The van der Waals surface area contributed by atoms with Gasteiger partial charge in [-0.3, -0.25) is 4.57 Å². The molecule has 3 rings (SSSR count). The normalized spacial score (nSPS) is 11.0. The lowest BCUT2D eigenvalue weighted by atomic mass is 10.1. The fourth-order valence-electron chi connectivity index (χ4n) is 2.99. The number of guanidine groups is 1. The molecule has 0 aliphatic rings. The van der Waals surface area contributed by atoms with Crippen LogP contribution in [0.15, 0.2) is 60.2 Å². The van der Waals surface area contributed by atoms with E-state index in [9.17, 15) is 0 Å². The second kappa shape index (κ2) is 12.2. The van der Waals surface area contributed by atoms with Crippen LogP contribution < -0.4 is 15.4 Å². The Morgan fingerprint density at radius 1 is 1.20 bits per heavy atom. The molecular formula is C22H29IN6O. The van der Waals surface area contributed by atoms with E-state index in [1.54, 1.807) is 19.6 Å². The SMILES string of the molecule is CCNC(=NCc1ccc(-n2ccnc2)nc1)NCCc1cc(C)ccc1OC.I. The number of ether oxygens (including phenoxy) is 1. The number of methoxy groups -OCH3 is 1. The van der Waals surface area contributed by atoms with Gasteiger partial charge in [0.1, 0.15) is 17.9 Å². The summed E-state index contributed by atoms with van der Waals surface area (Å²) in [6.07, 6.45) is 8.05. The van der Waals surface area contributed by atoms with Crippen molar-refractivity contribution in [1.29, 1.82) is 0 Å². The van der Waals surface area contributed by atoms with E-state index in [0.717, 1.165) is 42.6 Å². The van der Waals surface area contributed by atoms with Gasteiger partial charge >= 0.3 is 0 Å². The Bertz CT molecular complexity index is 925. The number of aliphatic imine (C=N–C) groups is 1. The van der Waals surface area contributed by atoms with Crippen LogP contribution in [0, 0.1) is 6.92 Å². The van der Waals surface area contributed by atoms with Crippen molar-refractivity contribution >= 4 is 29.9 Å². The highest BCUT2D eigenvalue weighted by Crippen LogP contribution is 2.19. The minimum absolute atomic E-state index is 0. The molecule has 30 heavy (non-hydrogen) atoms. The Balaban J connectivity index is 0.00000320. The summed E-state index contributed by atoms with van der Waals surface area (Å²) in [5, 5.41) is 6.68. The predicted octanol–water partition coefficient (Wildman–Crippen LogP) is 3.50. The average Bonchev–Trinajstić information content (AvgIpc) is 3.27. The molecule has 0 saturated carbocycles. The Labute approximate surface area is 195 Å². The fourth-order valence-corrected chi connectivity index (χ4v) is 2.99. The van der Waals surface area contributed by atoms with Crippen LogP contribution in [0.2, 0.25) is 0 Å². The second-order valence-corrected chi connectivity index (χ2v) is 6.68. The zero-order valence-corrected chi connectivity index (χ0v) is 20.0. The Morgan fingerprint density at radius 2 is 2.07 bits per heavy atom. The molecule has 0 spiro atoms. The first-order chi connectivity index (χ1) is 14.2. The number of aryl methyl sites for hydroxylation is 1. The van der Waals surface area contributed by atoms with Crippen LogP contribution in [-0.4, -0.2) is 40.7 Å². The molecule has 0 aliphatic heterocycles. The molecule has 0 bridgehead atoms. The fraction of sp³-hybridized carbons (Fsp3) is 0.318. The van der Waals surface area contributed by atoms with Crippen molar-refractivity contribution in [3.63, 3.8) is 0 Å². The summed E-state index contributed by atoms with van der Waals surface area (Å²) in [7, 11) is 1.71. The number of hydrogen-bond acceptors (Lipinski definition) is 4. The minimum atomic E-state index is 0. The largest absolute Gasteiger partial charge is 0.496 e. The summed E-state index contributed by atoms with van der Waals surface area (Å²) in [6, 6.07) is 10.2. The van der Waals surface area contributed by atoms with E-state index >= 15 is 0 Å². The van der Waals surface area contributed by atoms with E-state index in [1.165, 1.54) is 11.1 Å². The summed E-state index contributed by atoms with van der Waals surface area (Å²) in [6.45, 7) is 6.28. The van der Waals surface area contributed by atoms with Crippen molar-refractivity contribution in [3.05, 3.63) is 71.9 Å². The quantitative estimate of drug-likeness (QED) is 0.270. The molecule has 0 radical (unpaired) electrons. The lowest BCUT2D eigenvalue weighted by Gasteiger charge is -2.13. The second-order valence-electron chi connectivity index (χ2n) is 6.68. The molecule has 0 unspecified atom stereocenters. The van der Waals surface area contributed by atoms with Gasteiger partial charge < -0.3 is 15.4 Å². The highest BCUT2D eigenvalue weighted by atomic mass is 127. The Morgan fingerprint density at radius 3 is 2.73 bits per heavy atom. The smallest absolute Gasteiger partial charge is 0.191 e. The van der Waals surface area contributed by atoms with Gasteiger partial charge in [0.05, 0.1) is 13.7 Å². The Kier molecular flexibility index (Phi) is 9.59. The van der Waals surface area contributed by atoms with Crippen LogP contribution in [-0.2, 0) is 13.0 Å². The molecule has 2 aromatic heterocycles. The van der Waals surface area contributed by atoms with Gasteiger partial charge in [0.15, 0.2) is 5.96 Å². The van der Waals surface area contributed by atoms with Crippen LogP contribution in [0.5, 0.6) is 5.75 Å². The molecule has 2 heterocycles. The van der Waals surface area contributed by atoms with E-state index in [-0.39, 0.29) is 24.0 Å². The molecule has 160 valence electrons. The van der Waals surface area contributed by atoms with Crippen molar-refractivity contribution in [1.82, 2.24) is 25.2 Å². The average molecular weight is 520 g/mol. The topological polar surface area (TPSA) is 76.4 Å². The van der Waals surface area contributed by atoms with Crippen molar-refractivity contribution in [3.8, 4) is 11.6 Å². The highest BCUT2D eigenvalue weighted by Gasteiger charge is 2.04. The third kappa shape index (κ3) is 6.72. The summed E-state index contributed by atoms with van der Waals surface area (Å²) in [5.41, 5.74) is 3.47. The first-order valence-corrected chi connectivity index (χ1v) is 9.78. The summed E-state index contributed by atoms with van der Waals surface area (Å²) < 4.78 is 7.33. The number of nitrogens with one attached hydrogen (secondary N) is 2. The number of halogens is 1. The van der Waals surface area contributed by atoms with Crippen LogP contribution in [0.25, 0.3) is 5.82 Å². The highest BCUT2D eigenvalue weighted by molar-refractivity contribution is 14.0. The van der Waals surface area contributed by atoms with Crippen molar-refractivity contribution in [2.45, 2.75) is 26.8 Å². The molecule has 2 N–H and O–H groups in total. The molecule has 8 heteroatoms. The maximum atomic E-state index is 5.46. The van der Waals surface area contributed by atoms with Gasteiger partial charge in [-0.05, 0) is 43.5 Å². The van der Waals surface area contributed by atoms with Gasteiger partial charge in [0.25, 0.3) is 0 Å². The zero-order chi connectivity index (χ0) is 20.5. The lowest BCUT2D eigenvalue weighted by Crippen LogP contribution is -2.38. The molecule has 0 atom stereocenters. The van der Waals surface area contributed by atoms with Crippen molar-refractivity contribution < 1.29 is 4.74 Å². The van der Waals surface area contributed by atoms with E-state index in [2.05, 4.69) is 51.6 Å². The third-order valence-electron chi connectivity index (χ3n) is 4.46. The first kappa shape index (κ1) is 23.7. The predicted molar refractivity (Wildman–Crippen MR) is 131 cm³/mol. The number of benzene rings is 1. The monoisotopic (exact) mass is 520 g/mol. The number of aromatic nitrogens is 3. The standard InChI is InChI=1S/C22H28N6O.HI/c1-4-24-22(25-10-9-19-13-17(2)5-7-20(19)29-3)27-15-18-6-8-21(26-14-18)28-12-11-23-16-28;/h5-8,11-14,16H,4,9-10,15H2,1-3H3,(H2,24,25,27);1H. The lowest BCUT2D eigenvalue weighted by molar-refractivity contribution is 0.409. The number of imidazole rings is 1. The molecular weight excluding hydrogens is 491 g/mol. The minimum Gasteiger partial charge on any atom is -0.496 e. The molecule has 1 aromatic carbocycles. The van der Waals surface area contributed by atoms with Crippen molar-refractivity contribution in [2.75, 3.05) is 20.2 Å². The zero-order valence-electron chi connectivity index (χ0n) is 17.6. The van der Waals surface area contributed by atoms with E-state index < -0.39 is 0 Å². The molecule has 7 nitrogen and oxygen atoms in total. The maximum Gasteiger partial charge on any atom is 0.191 e.